The molecule has 3 heterocycles. The van der Waals surface area contributed by atoms with Gasteiger partial charge in [0.05, 0.1) is 12.0 Å². The van der Waals surface area contributed by atoms with Crippen LogP contribution in [0.2, 0.25) is 0 Å². The molecule has 1 fully saturated rings. The van der Waals surface area contributed by atoms with Crippen LogP contribution in [-0.2, 0) is 16.4 Å². The zero-order valence-corrected chi connectivity index (χ0v) is 16.9. The van der Waals surface area contributed by atoms with E-state index in [0.29, 0.717) is 36.9 Å². The van der Waals surface area contributed by atoms with Gasteiger partial charge < -0.3 is 9.26 Å². The molecule has 1 unspecified atom stereocenters. The lowest BCUT2D eigenvalue weighted by atomic mass is 10.1. The number of nitrogens with zero attached hydrogens (tertiary/aromatic N) is 4. The number of hydrogen-bond donors (Lipinski definition) is 0. The second-order valence-corrected chi connectivity index (χ2v) is 8.77. The van der Waals surface area contributed by atoms with Crippen molar-refractivity contribution in [2.75, 3.05) is 13.7 Å². The van der Waals surface area contributed by atoms with Crippen molar-refractivity contribution < 1.29 is 17.7 Å². The Labute approximate surface area is 169 Å². The molecule has 0 N–H and O–H groups in total. The zero-order valence-electron chi connectivity index (χ0n) is 16.1. The number of ether oxygens (including phenoxy) is 1. The second kappa shape index (κ2) is 8.30. The number of rotatable bonds is 7. The summed E-state index contributed by atoms with van der Waals surface area (Å²) < 4.78 is 38.3. The van der Waals surface area contributed by atoms with Crippen LogP contribution in [-0.4, -0.2) is 47.5 Å². The lowest BCUT2D eigenvalue weighted by Crippen LogP contribution is -2.35. The third-order valence-corrected chi connectivity index (χ3v) is 7.02. The average Bonchev–Trinajstić information content (AvgIpc) is 3.43. The van der Waals surface area contributed by atoms with Gasteiger partial charge in [-0.15, -0.1) is 0 Å². The number of benzene rings is 1. The van der Waals surface area contributed by atoms with Gasteiger partial charge in [0, 0.05) is 43.0 Å². The summed E-state index contributed by atoms with van der Waals surface area (Å²) in [6.45, 7) is 0.513. The number of aryl methyl sites for hydroxylation is 1. The second-order valence-electron chi connectivity index (χ2n) is 6.88. The molecule has 1 aromatic carbocycles. The van der Waals surface area contributed by atoms with Crippen LogP contribution < -0.4 is 4.74 Å². The smallest absolute Gasteiger partial charge is 0.258 e. The van der Waals surface area contributed by atoms with E-state index in [4.69, 9.17) is 9.26 Å². The van der Waals surface area contributed by atoms with E-state index in [1.807, 2.05) is 0 Å². The molecule has 0 bridgehead atoms. The van der Waals surface area contributed by atoms with Crippen molar-refractivity contribution in [3.05, 3.63) is 54.6 Å². The molecule has 0 radical (unpaired) electrons. The van der Waals surface area contributed by atoms with Crippen LogP contribution in [0.3, 0.4) is 0 Å². The Hall–Kier alpha value is -2.78. The number of pyridine rings is 1. The van der Waals surface area contributed by atoms with Gasteiger partial charge in [-0.25, -0.2) is 8.42 Å². The van der Waals surface area contributed by atoms with Crippen LogP contribution in [0.4, 0.5) is 0 Å². The topological polar surface area (TPSA) is 98.4 Å². The van der Waals surface area contributed by atoms with Crippen molar-refractivity contribution in [2.45, 2.75) is 36.6 Å². The first kappa shape index (κ1) is 19.5. The third-order valence-electron chi connectivity index (χ3n) is 5.07. The Balaban J connectivity index is 1.46. The van der Waals surface area contributed by atoms with Crippen molar-refractivity contribution >= 4 is 10.0 Å². The summed E-state index contributed by atoms with van der Waals surface area (Å²) >= 11 is 0. The van der Waals surface area contributed by atoms with Crippen LogP contribution >= 0.6 is 0 Å². The predicted molar refractivity (Wildman–Crippen MR) is 106 cm³/mol. The van der Waals surface area contributed by atoms with Crippen molar-refractivity contribution in [1.29, 1.82) is 0 Å². The highest BCUT2D eigenvalue weighted by molar-refractivity contribution is 7.89. The molecule has 0 aliphatic carbocycles. The van der Waals surface area contributed by atoms with Gasteiger partial charge in [0.15, 0.2) is 5.82 Å². The SMILES string of the molecule is COc1cccc(S(=O)(=O)N2CCCC2CCc2noc(-c3ccncc3)n2)c1. The monoisotopic (exact) mass is 414 g/mol. The summed E-state index contributed by atoms with van der Waals surface area (Å²) in [4.78, 5) is 8.65. The Kier molecular flexibility index (Phi) is 5.59. The summed E-state index contributed by atoms with van der Waals surface area (Å²) in [5, 5.41) is 4.03. The Morgan fingerprint density at radius 1 is 1.24 bits per heavy atom. The minimum absolute atomic E-state index is 0.0888. The maximum Gasteiger partial charge on any atom is 0.258 e. The van der Waals surface area contributed by atoms with Gasteiger partial charge in [-0.05, 0) is 43.5 Å². The van der Waals surface area contributed by atoms with Gasteiger partial charge in [-0.1, -0.05) is 11.2 Å². The van der Waals surface area contributed by atoms with Crippen LogP contribution in [0.5, 0.6) is 5.75 Å². The lowest BCUT2D eigenvalue weighted by molar-refractivity contribution is 0.364. The molecule has 1 atom stereocenters. The summed E-state index contributed by atoms with van der Waals surface area (Å²) in [5.74, 6) is 1.54. The fourth-order valence-corrected chi connectivity index (χ4v) is 5.33. The molecule has 0 spiro atoms. The first-order valence-electron chi connectivity index (χ1n) is 9.47. The summed E-state index contributed by atoms with van der Waals surface area (Å²) in [6, 6.07) is 10.1. The minimum Gasteiger partial charge on any atom is -0.497 e. The molecule has 1 aliphatic rings. The van der Waals surface area contributed by atoms with Crippen molar-refractivity contribution in [3.8, 4) is 17.2 Å². The predicted octanol–water partition coefficient (Wildman–Crippen LogP) is 2.93. The number of methoxy groups -OCH3 is 1. The van der Waals surface area contributed by atoms with E-state index >= 15 is 0 Å². The van der Waals surface area contributed by atoms with E-state index in [1.54, 1.807) is 53.1 Å². The molecule has 9 heteroatoms. The van der Waals surface area contributed by atoms with E-state index in [1.165, 1.54) is 7.11 Å². The molecule has 0 amide bonds. The van der Waals surface area contributed by atoms with E-state index in [-0.39, 0.29) is 10.9 Å². The molecule has 4 rings (SSSR count). The van der Waals surface area contributed by atoms with Gasteiger partial charge in [0.1, 0.15) is 5.75 Å². The Morgan fingerprint density at radius 3 is 2.86 bits per heavy atom. The molecule has 1 saturated heterocycles. The van der Waals surface area contributed by atoms with E-state index in [9.17, 15) is 8.42 Å². The Bertz CT molecular complexity index is 1070. The van der Waals surface area contributed by atoms with Gasteiger partial charge in [0.2, 0.25) is 10.0 Å². The molecule has 8 nitrogen and oxygen atoms in total. The highest BCUT2D eigenvalue weighted by atomic mass is 32.2. The highest BCUT2D eigenvalue weighted by Crippen LogP contribution is 2.30. The van der Waals surface area contributed by atoms with Gasteiger partial charge >= 0.3 is 0 Å². The number of aromatic nitrogens is 3. The maximum atomic E-state index is 13.1. The molecule has 3 aromatic rings. The van der Waals surface area contributed by atoms with Crippen LogP contribution in [0.1, 0.15) is 25.1 Å². The molecular formula is C20H22N4O4S. The number of sulfonamides is 1. The third kappa shape index (κ3) is 4.15. The standard InChI is InChI=1S/C20H22N4O4S/c1-27-17-5-2-6-18(14-17)29(25,26)24-13-3-4-16(24)7-8-19-22-20(28-23-19)15-9-11-21-12-10-15/h2,5-6,9-12,14,16H,3-4,7-8,13H2,1H3. The quantitative estimate of drug-likeness (QED) is 0.586. The summed E-state index contributed by atoms with van der Waals surface area (Å²) in [5.41, 5.74) is 0.807. The normalized spacial score (nSPS) is 17.5. The fourth-order valence-electron chi connectivity index (χ4n) is 3.57. The van der Waals surface area contributed by atoms with Gasteiger partial charge in [-0.2, -0.15) is 9.29 Å². The average molecular weight is 414 g/mol. The number of hydrogen-bond acceptors (Lipinski definition) is 7. The molecule has 0 saturated carbocycles. The molecule has 1 aliphatic heterocycles. The zero-order chi connectivity index (χ0) is 20.3. The van der Waals surface area contributed by atoms with E-state index in [2.05, 4.69) is 15.1 Å². The fraction of sp³-hybridized carbons (Fsp3) is 0.350. The molecule has 29 heavy (non-hydrogen) atoms. The van der Waals surface area contributed by atoms with Crippen LogP contribution in [0.15, 0.2) is 58.2 Å². The Morgan fingerprint density at radius 2 is 2.07 bits per heavy atom. The molecule has 152 valence electrons. The maximum absolute atomic E-state index is 13.1. The minimum atomic E-state index is -3.58. The summed E-state index contributed by atoms with van der Waals surface area (Å²) in [6.07, 6.45) is 6.17. The van der Waals surface area contributed by atoms with Crippen LogP contribution in [0, 0.1) is 0 Å². The van der Waals surface area contributed by atoms with Crippen LogP contribution in [0.25, 0.3) is 11.5 Å². The van der Waals surface area contributed by atoms with E-state index in [0.717, 1.165) is 18.4 Å². The van der Waals surface area contributed by atoms with E-state index < -0.39 is 10.0 Å². The summed E-state index contributed by atoms with van der Waals surface area (Å²) in [7, 11) is -2.06. The molecule has 2 aromatic heterocycles. The first-order chi connectivity index (χ1) is 14.1. The van der Waals surface area contributed by atoms with Crippen molar-refractivity contribution in [3.63, 3.8) is 0 Å². The molecular weight excluding hydrogens is 392 g/mol. The van der Waals surface area contributed by atoms with Gasteiger partial charge in [-0.3, -0.25) is 4.98 Å². The van der Waals surface area contributed by atoms with Crippen molar-refractivity contribution in [1.82, 2.24) is 19.4 Å². The lowest BCUT2D eigenvalue weighted by Gasteiger charge is -2.24. The first-order valence-corrected chi connectivity index (χ1v) is 10.9. The van der Waals surface area contributed by atoms with Gasteiger partial charge in [0.25, 0.3) is 5.89 Å². The largest absolute Gasteiger partial charge is 0.497 e. The highest BCUT2D eigenvalue weighted by Gasteiger charge is 2.35. The van der Waals surface area contributed by atoms with Crippen molar-refractivity contribution in [2.24, 2.45) is 0 Å².